The van der Waals surface area contributed by atoms with Crippen molar-refractivity contribution >= 4 is 11.9 Å². The highest BCUT2D eigenvalue weighted by molar-refractivity contribution is 5.80. The molecule has 7 atom stereocenters. The molecule has 0 radical (unpaired) electrons. The number of carbonyl (C=O) groups is 2. The monoisotopic (exact) mass is 265 g/mol. The lowest BCUT2D eigenvalue weighted by Gasteiger charge is -2.22. The zero-order valence-corrected chi connectivity index (χ0v) is 10.7. The Balaban J connectivity index is 1.38. The van der Waals surface area contributed by atoms with Crippen LogP contribution in [0, 0.1) is 23.7 Å². The third-order valence-corrected chi connectivity index (χ3v) is 5.52. The molecule has 4 rings (SSSR count). The van der Waals surface area contributed by atoms with E-state index in [0.29, 0.717) is 18.3 Å². The van der Waals surface area contributed by atoms with Crippen molar-refractivity contribution in [2.45, 2.75) is 50.4 Å². The molecule has 5 heteroatoms. The number of carboxylic acids is 1. The molecule has 4 aliphatic rings. The van der Waals surface area contributed by atoms with Crippen LogP contribution in [0.15, 0.2) is 0 Å². The molecule has 0 spiro atoms. The lowest BCUT2D eigenvalue weighted by Crippen LogP contribution is -2.42. The molecule has 2 aliphatic carbocycles. The minimum atomic E-state index is -0.701. The summed E-state index contributed by atoms with van der Waals surface area (Å²) in [7, 11) is 0. The van der Waals surface area contributed by atoms with Crippen LogP contribution in [0.25, 0.3) is 0 Å². The first kappa shape index (κ1) is 11.7. The van der Waals surface area contributed by atoms with Crippen LogP contribution in [0.2, 0.25) is 0 Å². The fourth-order valence-electron chi connectivity index (χ4n) is 4.44. The first-order chi connectivity index (χ1) is 9.13. The molecule has 2 heterocycles. The predicted octanol–water partition coefficient (Wildman–Crippen LogP) is 0.779. The Morgan fingerprint density at radius 1 is 1.05 bits per heavy atom. The van der Waals surface area contributed by atoms with E-state index < -0.39 is 5.97 Å². The fourth-order valence-corrected chi connectivity index (χ4v) is 4.44. The second-order valence-corrected chi connectivity index (χ2v) is 6.58. The van der Waals surface area contributed by atoms with Crippen LogP contribution in [0.5, 0.6) is 0 Å². The fraction of sp³-hybridized carbons (Fsp3) is 0.857. The van der Waals surface area contributed by atoms with E-state index in [0.717, 1.165) is 25.7 Å². The molecule has 2 saturated carbocycles. The first-order valence-corrected chi connectivity index (χ1v) is 7.32. The van der Waals surface area contributed by atoms with Crippen LogP contribution < -0.4 is 5.32 Å². The summed E-state index contributed by atoms with van der Waals surface area (Å²) in [5.41, 5.74) is 0. The van der Waals surface area contributed by atoms with E-state index in [-0.39, 0.29) is 36.0 Å². The summed E-state index contributed by atoms with van der Waals surface area (Å²) in [5.74, 6) is -0.142. The van der Waals surface area contributed by atoms with Crippen molar-refractivity contribution in [3.63, 3.8) is 0 Å². The van der Waals surface area contributed by atoms with Gasteiger partial charge in [-0.05, 0) is 43.9 Å². The molecule has 0 aromatic heterocycles. The number of fused-ring (bicyclic) bond motifs is 3. The summed E-state index contributed by atoms with van der Waals surface area (Å²) in [6.45, 7) is 0. The van der Waals surface area contributed by atoms with Gasteiger partial charge in [0.2, 0.25) is 5.91 Å². The number of hydrogen-bond acceptors (Lipinski definition) is 3. The first-order valence-electron chi connectivity index (χ1n) is 7.32. The molecule has 2 aliphatic heterocycles. The van der Waals surface area contributed by atoms with E-state index in [9.17, 15) is 9.59 Å². The lowest BCUT2D eigenvalue weighted by molar-refractivity contribution is -0.142. The highest BCUT2D eigenvalue weighted by Crippen LogP contribution is 2.55. The number of carboxylic acid groups (broad SMARTS) is 1. The minimum absolute atomic E-state index is 0.000159. The average Bonchev–Trinajstić information content (AvgIpc) is 2.75. The molecule has 2 bridgehead atoms. The Morgan fingerprint density at radius 3 is 2.47 bits per heavy atom. The van der Waals surface area contributed by atoms with Gasteiger partial charge in [0.1, 0.15) is 0 Å². The maximum Gasteiger partial charge on any atom is 0.306 e. The smallest absolute Gasteiger partial charge is 0.306 e. The van der Waals surface area contributed by atoms with Gasteiger partial charge in [-0.15, -0.1) is 0 Å². The Bertz CT molecular complexity index is 437. The van der Waals surface area contributed by atoms with Crippen molar-refractivity contribution < 1.29 is 19.4 Å². The highest BCUT2D eigenvalue weighted by Gasteiger charge is 2.57. The van der Waals surface area contributed by atoms with E-state index in [1.165, 1.54) is 0 Å². The average molecular weight is 265 g/mol. The summed E-state index contributed by atoms with van der Waals surface area (Å²) in [5, 5.41) is 12.2. The van der Waals surface area contributed by atoms with Crippen molar-refractivity contribution in [3.05, 3.63) is 0 Å². The normalized spacial score (nSPS) is 50.0. The second-order valence-electron chi connectivity index (χ2n) is 6.58. The van der Waals surface area contributed by atoms with Crippen molar-refractivity contribution in [3.8, 4) is 0 Å². The van der Waals surface area contributed by atoms with Crippen LogP contribution in [0.1, 0.15) is 32.1 Å². The van der Waals surface area contributed by atoms with E-state index >= 15 is 0 Å². The molecule has 1 amide bonds. The number of hydrogen-bond donors (Lipinski definition) is 2. The van der Waals surface area contributed by atoms with Gasteiger partial charge in [-0.3, -0.25) is 9.59 Å². The maximum atomic E-state index is 12.3. The second kappa shape index (κ2) is 3.95. The molecule has 0 aromatic carbocycles. The van der Waals surface area contributed by atoms with Crippen LogP contribution >= 0.6 is 0 Å². The number of nitrogens with one attached hydrogen (secondary N) is 1. The zero-order valence-electron chi connectivity index (χ0n) is 10.7. The highest BCUT2D eigenvalue weighted by atomic mass is 16.5. The standard InChI is InChI=1S/C14H19NO4/c16-13(10-3-6-1-2-12(10)19-6)15-11-5-9(14(17)18)7-4-8(7)11/h6-12H,1-5H2,(H,15,16)(H,17,18)/t6-,7+,8-,9+,10+,11-,12+/m0/s1. The summed E-state index contributed by atoms with van der Waals surface area (Å²) >= 11 is 0. The molecule has 19 heavy (non-hydrogen) atoms. The molecule has 104 valence electrons. The topological polar surface area (TPSA) is 75.6 Å². The maximum absolute atomic E-state index is 12.3. The predicted molar refractivity (Wildman–Crippen MR) is 65.3 cm³/mol. The lowest BCUT2D eigenvalue weighted by atomic mass is 9.88. The van der Waals surface area contributed by atoms with Gasteiger partial charge in [-0.1, -0.05) is 0 Å². The molecule has 2 N–H and O–H groups in total. The number of amides is 1. The SMILES string of the molecule is O=C(O)[C@@H]1C[C@H](NC(=O)[C@@H]2C[C@@H]3CC[C@H]2O3)[C@H]2C[C@H]21. The molecule has 5 nitrogen and oxygen atoms in total. The van der Waals surface area contributed by atoms with Crippen molar-refractivity contribution in [1.29, 1.82) is 0 Å². The molecule has 0 aromatic rings. The summed E-state index contributed by atoms with van der Waals surface area (Å²) < 4.78 is 5.71. The van der Waals surface area contributed by atoms with Crippen LogP contribution in [-0.4, -0.2) is 35.2 Å². The van der Waals surface area contributed by atoms with Gasteiger partial charge in [-0.2, -0.15) is 0 Å². The van der Waals surface area contributed by atoms with Gasteiger partial charge in [0.15, 0.2) is 0 Å². The summed E-state index contributed by atoms with van der Waals surface area (Å²) in [4.78, 5) is 23.4. The summed E-state index contributed by atoms with van der Waals surface area (Å²) in [6.07, 6.45) is 4.90. The summed E-state index contributed by atoms with van der Waals surface area (Å²) in [6, 6.07) is 0.0812. The van der Waals surface area contributed by atoms with E-state index in [4.69, 9.17) is 9.84 Å². The number of rotatable bonds is 3. The van der Waals surface area contributed by atoms with Crippen molar-refractivity contribution in [2.75, 3.05) is 0 Å². The largest absolute Gasteiger partial charge is 0.481 e. The number of ether oxygens (including phenoxy) is 1. The Labute approximate surface area is 111 Å². The third kappa shape index (κ3) is 1.78. The van der Waals surface area contributed by atoms with E-state index in [1.54, 1.807) is 0 Å². The Hall–Kier alpha value is -1.10. The third-order valence-electron chi connectivity index (χ3n) is 5.52. The number of aliphatic carboxylic acids is 1. The Kier molecular flexibility index (Phi) is 2.43. The van der Waals surface area contributed by atoms with Gasteiger partial charge in [0.05, 0.1) is 24.0 Å². The van der Waals surface area contributed by atoms with Gasteiger partial charge in [-0.25, -0.2) is 0 Å². The van der Waals surface area contributed by atoms with Gasteiger partial charge >= 0.3 is 5.97 Å². The zero-order chi connectivity index (χ0) is 13.1. The van der Waals surface area contributed by atoms with E-state index in [2.05, 4.69) is 5.32 Å². The van der Waals surface area contributed by atoms with Crippen molar-refractivity contribution in [2.24, 2.45) is 23.7 Å². The van der Waals surface area contributed by atoms with Gasteiger partial charge < -0.3 is 15.2 Å². The number of carbonyl (C=O) groups excluding carboxylic acids is 1. The molecule has 0 unspecified atom stereocenters. The Morgan fingerprint density at radius 2 is 1.89 bits per heavy atom. The van der Waals surface area contributed by atoms with Crippen LogP contribution in [-0.2, 0) is 14.3 Å². The molecule has 2 saturated heterocycles. The van der Waals surface area contributed by atoms with Crippen LogP contribution in [0.3, 0.4) is 0 Å². The van der Waals surface area contributed by atoms with Crippen molar-refractivity contribution in [1.82, 2.24) is 5.32 Å². The quantitative estimate of drug-likeness (QED) is 0.790. The molecule has 4 fully saturated rings. The van der Waals surface area contributed by atoms with Gasteiger partial charge in [0, 0.05) is 6.04 Å². The van der Waals surface area contributed by atoms with Crippen LogP contribution in [0.4, 0.5) is 0 Å². The molecular formula is C14H19NO4. The van der Waals surface area contributed by atoms with Gasteiger partial charge in [0.25, 0.3) is 0 Å². The minimum Gasteiger partial charge on any atom is -0.481 e. The molecular weight excluding hydrogens is 246 g/mol. The van der Waals surface area contributed by atoms with E-state index in [1.807, 2.05) is 0 Å².